The SMILES string of the molecule is CCCN(C(=O)CCC(C)N)C1CCS(=O)(=O)C1.Cl. The molecule has 2 unspecified atom stereocenters. The average Bonchev–Trinajstić information content (AvgIpc) is 2.63. The number of rotatable bonds is 6. The molecule has 1 fully saturated rings. The number of hydrogen-bond donors (Lipinski definition) is 1. The molecule has 2 atom stereocenters. The number of nitrogens with two attached hydrogens (primary N) is 1. The van der Waals surface area contributed by atoms with Gasteiger partial charge in [0, 0.05) is 25.0 Å². The van der Waals surface area contributed by atoms with Gasteiger partial charge in [0.25, 0.3) is 0 Å². The molecule has 1 aliphatic heterocycles. The lowest BCUT2D eigenvalue weighted by Crippen LogP contribution is -2.42. The van der Waals surface area contributed by atoms with Gasteiger partial charge in [-0.3, -0.25) is 4.79 Å². The van der Waals surface area contributed by atoms with Crippen molar-refractivity contribution < 1.29 is 13.2 Å². The van der Waals surface area contributed by atoms with Gasteiger partial charge in [-0.15, -0.1) is 12.4 Å². The molecule has 7 heteroatoms. The summed E-state index contributed by atoms with van der Waals surface area (Å²) < 4.78 is 23.0. The third kappa shape index (κ3) is 6.10. The van der Waals surface area contributed by atoms with Crippen molar-refractivity contribution in [1.29, 1.82) is 0 Å². The fraction of sp³-hybridized carbons (Fsp3) is 0.917. The number of hydrogen-bond acceptors (Lipinski definition) is 4. The summed E-state index contributed by atoms with van der Waals surface area (Å²) in [7, 11) is -2.94. The van der Waals surface area contributed by atoms with Gasteiger partial charge in [-0.2, -0.15) is 0 Å². The maximum absolute atomic E-state index is 12.1. The molecule has 0 aliphatic carbocycles. The number of carbonyl (C=O) groups is 1. The summed E-state index contributed by atoms with van der Waals surface area (Å²) in [5.41, 5.74) is 5.64. The van der Waals surface area contributed by atoms with Gasteiger partial charge in [-0.05, 0) is 26.2 Å². The largest absolute Gasteiger partial charge is 0.339 e. The zero-order valence-electron chi connectivity index (χ0n) is 11.7. The fourth-order valence-electron chi connectivity index (χ4n) is 2.27. The van der Waals surface area contributed by atoms with Crippen LogP contribution in [0.1, 0.15) is 39.5 Å². The molecule has 1 saturated heterocycles. The number of halogens is 1. The minimum absolute atomic E-state index is 0. The van der Waals surface area contributed by atoms with Crippen LogP contribution in [0.2, 0.25) is 0 Å². The van der Waals surface area contributed by atoms with E-state index in [2.05, 4.69) is 0 Å². The Labute approximate surface area is 122 Å². The van der Waals surface area contributed by atoms with Crippen molar-refractivity contribution in [2.75, 3.05) is 18.1 Å². The fourth-order valence-corrected chi connectivity index (χ4v) is 4.00. The first-order valence-corrected chi connectivity index (χ1v) is 8.43. The first-order valence-electron chi connectivity index (χ1n) is 6.61. The van der Waals surface area contributed by atoms with Crippen molar-refractivity contribution in [3.8, 4) is 0 Å². The monoisotopic (exact) mass is 312 g/mol. The Morgan fingerprint density at radius 3 is 2.53 bits per heavy atom. The van der Waals surface area contributed by atoms with E-state index in [0.717, 1.165) is 6.42 Å². The van der Waals surface area contributed by atoms with E-state index < -0.39 is 9.84 Å². The summed E-state index contributed by atoms with van der Waals surface area (Å²) in [4.78, 5) is 13.9. The second-order valence-electron chi connectivity index (χ2n) is 5.16. The molecule has 1 heterocycles. The van der Waals surface area contributed by atoms with E-state index in [1.165, 1.54) is 0 Å². The molecular weight excluding hydrogens is 288 g/mol. The topological polar surface area (TPSA) is 80.5 Å². The molecule has 0 saturated carbocycles. The minimum atomic E-state index is -2.94. The molecular formula is C12H25ClN2O3S. The van der Waals surface area contributed by atoms with Crippen LogP contribution in [-0.4, -0.2) is 49.4 Å². The second kappa shape index (κ2) is 8.07. The Balaban J connectivity index is 0.00000324. The van der Waals surface area contributed by atoms with Crippen LogP contribution >= 0.6 is 12.4 Å². The van der Waals surface area contributed by atoms with Crippen LogP contribution in [-0.2, 0) is 14.6 Å². The van der Waals surface area contributed by atoms with E-state index in [1.54, 1.807) is 4.90 Å². The number of sulfone groups is 1. The number of nitrogens with zero attached hydrogens (tertiary/aromatic N) is 1. The van der Waals surface area contributed by atoms with Crippen LogP contribution in [0.5, 0.6) is 0 Å². The molecule has 1 rings (SSSR count). The van der Waals surface area contributed by atoms with Gasteiger partial charge in [0.1, 0.15) is 0 Å². The highest BCUT2D eigenvalue weighted by molar-refractivity contribution is 7.91. The zero-order valence-corrected chi connectivity index (χ0v) is 13.3. The normalized spacial score (nSPS) is 22.6. The molecule has 0 aromatic carbocycles. The Kier molecular flexibility index (Phi) is 7.93. The van der Waals surface area contributed by atoms with Crippen LogP contribution in [0.15, 0.2) is 0 Å². The predicted molar refractivity (Wildman–Crippen MR) is 79.2 cm³/mol. The quantitative estimate of drug-likeness (QED) is 0.792. The van der Waals surface area contributed by atoms with E-state index in [1.807, 2.05) is 13.8 Å². The zero-order chi connectivity index (χ0) is 13.8. The molecule has 0 bridgehead atoms. The highest BCUT2D eigenvalue weighted by Crippen LogP contribution is 2.19. The van der Waals surface area contributed by atoms with Crippen molar-refractivity contribution >= 4 is 28.2 Å². The van der Waals surface area contributed by atoms with Crippen molar-refractivity contribution in [3.63, 3.8) is 0 Å². The van der Waals surface area contributed by atoms with Crippen molar-refractivity contribution in [2.45, 2.75) is 51.6 Å². The average molecular weight is 313 g/mol. The van der Waals surface area contributed by atoms with E-state index in [4.69, 9.17) is 5.73 Å². The maximum Gasteiger partial charge on any atom is 0.222 e. The molecule has 2 N–H and O–H groups in total. The van der Waals surface area contributed by atoms with E-state index in [0.29, 0.717) is 25.8 Å². The molecule has 114 valence electrons. The smallest absolute Gasteiger partial charge is 0.222 e. The Bertz CT molecular complexity index is 384. The summed E-state index contributed by atoms with van der Waals surface area (Å²) in [6, 6.07) is -0.125. The summed E-state index contributed by atoms with van der Waals surface area (Å²) in [5, 5.41) is 0. The van der Waals surface area contributed by atoms with E-state index in [9.17, 15) is 13.2 Å². The summed E-state index contributed by atoms with van der Waals surface area (Å²) >= 11 is 0. The highest BCUT2D eigenvalue weighted by Gasteiger charge is 2.33. The third-order valence-corrected chi connectivity index (χ3v) is 5.00. The summed E-state index contributed by atoms with van der Waals surface area (Å²) in [6.45, 7) is 4.50. The van der Waals surface area contributed by atoms with Crippen LogP contribution in [0.3, 0.4) is 0 Å². The summed E-state index contributed by atoms with van der Waals surface area (Å²) in [5.74, 6) is 0.367. The first-order chi connectivity index (χ1) is 8.35. The van der Waals surface area contributed by atoms with Crippen LogP contribution in [0.4, 0.5) is 0 Å². The standard InChI is InChI=1S/C12H24N2O3S.ClH/c1-3-7-14(12(15)5-4-10(2)13)11-6-8-18(16,17)9-11;/h10-11H,3-9,13H2,1-2H3;1H. The van der Waals surface area contributed by atoms with Gasteiger partial charge in [-0.1, -0.05) is 6.92 Å². The lowest BCUT2D eigenvalue weighted by atomic mass is 10.1. The lowest BCUT2D eigenvalue weighted by Gasteiger charge is -2.28. The molecule has 1 aliphatic rings. The maximum atomic E-state index is 12.1. The Morgan fingerprint density at radius 1 is 1.47 bits per heavy atom. The molecule has 5 nitrogen and oxygen atoms in total. The van der Waals surface area contributed by atoms with Crippen LogP contribution in [0.25, 0.3) is 0 Å². The van der Waals surface area contributed by atoms with Crippen LogP contribution < -0.4 is 5.73 Å². The Hall–Kier alpha value is -0.330. The first kappa shape index (κ1) is 18.7. The van der Waals surface area contributed by atoms with Crippen molar-refractivity contribution in [1.82, 2.24) is 4.90 Å². The van der Waals surface area contributed by atoms with Gasteiger partial charge >= 0.3 is 0 Å². The Morgan fingerprint density at radius 2 is 2.11 bits per heavy atom. The number of carbonyl (C=O) groups excluding carboxylic acids is 1. The van der Waals surface area contributed by atoms with E-state index >= 15 is 0 Å². The minimum Gasteiger partial charge on any atom is -0.339 e. The van der Waals surface area contributed by atoms with Crippen molar-refractivity contribution in [2.24, 2.45) is 5.73 Å². The molecule has 19 heavy (non-hydrogen) atoms. The van der Waals surface area contributed by atoms with Gasteiger partial charge < -0.3 is 10.6 Å². The highest BCUT2D eigenvalue weighted by atomic mass is 35.5. The van der Waals surface area contributed by atoms with Crippen LogP contribution in [0, 0.1) is 0 Å². The third-order valence-electron chi connectivity index (χ3n) is 3.25. The van der Waals surface area contributed by atoms with Gasteiger partial charge in [0.2, 0.25) is 5.91 Å². The molecule has 0 aromatic rings. The van der Waals surface area contributed by atoms with Crippen molar-refractivity contribution in [3.05, 3.63) is 0 Å². The second-order valence-corrected chi connectivity index (χ2v) is 7.39. The molecule has 0 aromatic heterocycles. The van der Waals surface area contributed by atoms with E-state index in [-0.39, 0.29) is 41.9 Å². The lowest BCUT2D eigenvalue weighted by molar-refractivity contribution is -0.133. The number of amides is 1. The van der Waals surface area contributed by atoms with Gasteiger partial charge in [0.15, 0.2) is 9.84 Å². The van der Waals surface area contributed by atoms with Gasteiger partial charge in [-0.25, -0.2) is 8.42 Å². The summed E-state index contributed by atoms with van der Waals surface area (Å²) in [6.07, 6.45) is 2.49. The molecule has 0 spiro atoms. The molecule has 0 radical (unpaired) electrons. The van der Waals surface area contributed by atoms with Gasteiger partial charge in [0.05, 0.1) is 11.5 Å². The molecule has 1 amide bonds. The predicted octanol–water partition coefficient (Wildman–Crippen LogP) is 0.961.